The Hall–Kier alpha value is -2.63. The van der Waals surface area contributed by atoms with E-state index in [1.54, 1.807) is 19.1 Å². The summed E-state index contributed by atoms with van der Waals surface area (Å²) in [5.74, 6) is 0.369. The van der Waals surface area contributed by atoms with Crippen LogP contribution in [0.15, 0.2) is 30.8 Å². The van der Waals surface area contributed by atoms with Gasteiger partial charge in [0.25, 0.3) is 0 Å². The molecule has 0 amide bonds. The van der Waals surface area contributed by atoms with Crippen molar-refractivity contribution in [1.82, 2.24) is 9.97 Å². The summed E-state index contributed by atoms with van der Waals surface area (Å²) in [5.41, 5.74) is 2.03. The smallest absolute Gasteiger partial charge is 0.406 e. The van der Waals surface area contributed by atoms with Crippen molar-refractivity contribution in [3.63, 3.8) is 0 Å². The molecule has 0 bridgehead atoms. The van der Waals surface area contributed by atoms with Gasteiger partial charge in [-0.25, -0.2) is 9.97 Å². The summed E-state index contributed by atoms with van der Waals surface area (Å²) in [6, 6.07) is 5.62. The molecular formula is C18H15F3N2O. The summed E-state index contributed by atoms with van der Waals surface area (Å²) in [5, 5.41) is 1.80. The lowest BCUT2D eigenvalue weighted by Gasteiger charge is -2.12. The van der Waals surface area contributed by atoms with Crippen LogP contribution in [0.3, 0.4) is 0 Å². The van der Waals surface area contributed by atoms with Gasteiger partial charge in [-0.05, 0) is 37.5 Å². The molecule has 0 fully saturated rings. The molecule has 0 saturated heterocycles. The quantitative estimate of drug-likeness (QED) is 0.866. The topological polar surface area (TPSA) is 35.0 Å². The first kappa shape index (κ1) is 16.2. The molecule has 3 rings (SSSR count). The van der Waals surface area contributed by atoms with Crippen molar-refractivity contribution in [2.75, 3.05) is 0 Å². The Morgan fingerprint density at radius 3 is 2.42 bits per heavy atom. The third-order valence-electron chi connectivity index (χ3n) is 3.66. The number of fused-ring (bicyclic) bond motifs is 1. The molecule has 0 spiro atoms. The minimum Gasteiger partial charge on any atom is -0.406 e. The van der Waals surface area contributed by atoms with Crippen molar-refractivity contribution >= 4 is 17.7 Å². The summed E-state index contributed by atoms with van der Waals surface area (Å²) < 4.78 is 40.6. The van der Waals surface area contributed by atoms with Gasteiger partial charge in [-0.1, -0.05) is 30.9 Å². The van der Waals surface area contributed by atoms with Crippen molar-refractivity contribution in [2.24, 2.45) is 0 Å². The average Bonchev–Trinajstić information content (AvgIpc) is 2.52. The van der Waals surface area contributed by atoms with Gasteiger partial charge in [0.1, 0.15) is 11.6 Å². The third-order valence-corrected chi connectivity index (χ3v) is 3.66. The van der Waals surface area contributed by atoms with E-state index in [4.69, 9.17) is 0 Å². The molecule has 1 aromatic heterocycles. The molecule has 2 aromatic rings. The molecule has 0 saturated carbocycles. The number of aromatic nitrogens is 2. The number of alkyl halides is 3. The monoisotopic (exact) mass is 332 g/mol. The number of halogens is 3. The molecule has 3 nitrogen and oxygen atoms in total. The van der Waals surface area contributed by atoms with Crippen LogP contribution in [-0.4, -0.2) is 16.3 Å². The molecule has 1 aromatic carbocycles. The first-order valence-corrected chi connectivity index (χ1v) is 7.44. The first-order valence-electron chi connectivity index (χ1n) is 7.44. The third kappa shape index (κ3) is 3.48. The predicted octanol–water partition coefficient (Wildman–Crippen LogP) is 3.10. The van der Waals surface area contributed by atoms with E-state index in [1.165, 1.54) is 12.1 Å². The number of rotatable bonds is 3. The lowest BCUT2D eigenvalue weighted by molar-refractivity contribution is -0.274. The van der Waals surface area contributed by atoms with Crippen LogP contribution < -0.4 is 15.3 Å². The van der Waals surface area contributed by atoms with Gasteiger partial charge in [0.05, 0.1) is 11.0 Å². The van der Waals surface area contributed by atoms with Gasteiger partial charge in [-0.3, -0.25) is 0 Å². The Balaban J connectivity index is 1.98. The predicted molar refractivity (Wildman–Crippen MR) is 85.4 cm³/mol. The Bertz CT molecular complexity index is 900. The maximum absolute atomic E-state index is 12.2. The minimum atomic E-state index is -4.70. The van der Waals surface area contributed by atoms with Crippen LogP contribution in [0, 0.1) is 6.92 Å². The van der Waals surface area contributed by atoms with E-state index in [2.05, 4.69) is 33.4 Å². The van der Waals surface area contributed by atoms with Crippen LogP contribution in [0.4, 0.5) is 13.2 Å². The summed E-state index contributed by atoms with van der Waals surface area (Å²) >= 11 is 0. The Kier molecular flexibility index (Phi) is 4.13. The number of nitrogens with zero attached hydrogens (tertiary/aromatic N) is 2. The van der Waals surface area contributed by atoms with Gasteiger partial charge in [0.2, 0.25) is 0 Å². The summed E-state index contributed by atoms with van der Waals surface area (Å²) in [6.07, 6.45) is 1.25. The largest absolute Gasteiger partial charge is 0.573 e. The highest BCUT2D eigenvalue weighted by molar-refractivity contribution is 5.77. The van der Waals surface area contributed by atoms with E-state index in [0.717, 1.165) is 23.4 Å². The minimum absolute atomic E-state index is 0.264. The molecule has 1 aliphatic rings. The van der Waals surface area contributed by atoms with Crippen molar-refractivity contribution in [2.45, 2.75) is 26.1 Å². The van der Waals surface area contributed by atoms with E-state index in [1.807, 2.05) is 0 Å². The highest BCUT2D eigenvalue weighted by atomic mass is 19.4. The molecule has 24 heavy (non-hydrogen) atoms. The Morgan fingerprint density at radius 2 is 1.75 bits per heavy atom. The van der Waals surface area contributed by atoms with Crippen LogP contribution in [0.5, 0.6) is 5.75 Å². The van der Waals surface area contributed by atoms with Gasteiger partial charge >= 0.3 is 6.36 Å². The lowest BCUT2D eigenvalue weighted by atomic mass is 10.0. The maximum Gasteiger partial charge on any atom is 0.573 e. The van der Waals surface area contributed by atoms with Crippen LogP contribution in [0.25, 0.3) is 17.7 Å². The van der Waals surface area contributed by atoms with Crippen LogP contribution >= 0.6 is 0 Å². The van der Waals surface area contributed by atoms with Crippen molar-refractivity contribution in [1.29, 1.82) is 0 Å². The van der Waals surface area contributed by atoms with Gasteiger partial charge in [-0.15, -0.1) is 13.2 Å². The van der Waals surface area contributed by atoms with E-state index in [9.17, 15) is 13.2 Å². The summed E-state index contributed by atoms with van der Waals surface area (Å²) in [7, 11) is 0. The van der Waals surface area contributed by atoms with Crippen molar-refractivity contribution in [3.05, 3.63) is 58.5 Å². The zero-order valence-corrected chi connectivity index (χ0v) is 13.0. The highest BCUT2D eigenvalue weighted by Crippen LogP contribution is 2.25. The normalized spacial score (nSPS) is 13.5. The molecule has 6 heteroatoms. The van der Waals surface area contributed by atoms with Crippen molar-refractivity contribution in [3.8, 4) is 5.75 Å². The van der Waals surface area contributed by atoms with E-state index >= 15 is 0 Å². The lowest BCUT2D eigenvalue weighted by Crippen LogP contribution is -2.35. The fraction of sp³-hybridized carbons (Fsp3) is 0.222. The second-order valence-corrected chi connectivity index (χ2v) is 5.45. The Labute approximate surface area is 136 Å². The van der Waals surface area contributed by atoms with E-state index in [-0.39, 0.29) is 5.75 Å². The van der Waals surface area contributed by atoms with E-state index in [0.29, 0.717) is 22.7 Å². The molecular weight excluding hydrogens is 317 g/mol. The molecule has 0 aliphatic heterocycles. The van der Waals surface area contributed by atoms with Crippen LogP contribution in [-0.2, 0) is 0 Å². The number of benzene rings is 1. The first-order chi connectivity index (χ1) is 11.3. The van der Waals surface area contributed by atoms with Gasteiger partial charge < -0.3 is 4.74 Å². The number of ether oxygens (including phenoxy) is 1. The zero-order chi connectivity index (χ0) is 17.3. The van der Waals surface area contributed by atoms with Crippen molar-refractivity contribution < 1.29 is 17.9 Å². The number of hydrogen-bond acceptors (Lipinski definition) is 3. The molecule has 1 aliphatic carbocycles. The standard InChI is InChI=1S/C18H15F3N2O/c1-11(13-7-9-14(10-8-13)24-18(19,20)21)17-15-5-3-4-6-16(15)22-12(2)23-17/h5-10H,1,3-4H2,2H3. The number of aryl methyl sites for hydroxylation is 1. The molecule has 124 valence electrons. The second-order valence-electron chi connectivity index (χ2n) is 5.45. The zero-order valence-electron chi connectivity index (χ0n) is 13.0. The fourth-order valence-corrected chi connectivity index (χ4v) is 2.63. The summed E-state index contributed by atoms with van der Waals surface area (Å²) in [4.78, 5) is 8.89. The van der Waals surface area contributed by atoms with E-state index < -0.39 is 6.36 Å². The SMILES string of the molecule is C=C(c1ccc(OC(F)(F)F)cc1)c1nc(C)nc2c1=CCCC=2. The molecule has 1 heterocycles. The molecule has 0 atom stereocenters. The molecule has 0 unspecified atom stereocenters. The molecule has 0 N–H and O–H groups in total. The Morgan fingerprint density at radius 1 is 1.08 bits per heavy atom. The van der Waals surface area contributed by atoms with Gasteiger partial charge in [-0.2, -0.15) is 0 Å². The molecule has 0 radical (unpaired) electrons. The average molecular weight is 332 g/mol. The van der Waals surface area contributed by atoms with Crippen LogP contribution in [0.2, 0.25) is 0 Å². The second kappa shape index (κ2) is 6.11. The fourth-order valence-electron chi connectivity index (χ4n) is 2.63. The summed E-state index contributed by atoms with van der Waals surface area (Å²) in [6.45, 7) is 5.87. The van der Waals surface area contributed by atoms with Gasteiger partial charge in [0.15, 0.2) is 0 Å². The maximum atomic E-state index is 12.2. The van der Waals surface area contributed by atoms with Crippen LogP contribution in [0.1, 0.15) is 29.9 Å². The highest BCUT2D eigenvalue weighted by Gasteiger charge is 2.31. The number of hydrogen-bond donors (Lipinski definition) is 0. The van der Waals surface area contributed by atoms with Gasteiger partial charge in [0, 0.05) is 10.8 Å².